The minimum atomic E-state index is -0.802. The summed E-state index contributed by atoms with van der Waals surface area (Å²) in [6.07, 6.45) is 4.78. The standard InChI is InChI=1S/C25H25N3O5S/c1-14(2)33-24(30)21-15(3)27-25-28(22(21)18-12-17(31-4)8-9-19(18)32-5)23(29)20(34-25)11-16-7-6-10-26-13-16/h6-14,22H,1-5H3/b20-11+. The van der Waals surface area contributed by atoms with Gasteiger partial charge in [0.05, 0.1) is 36.1 Å². The summed E-state index contributed by atoms with van der Waals surface area (Å²) < 4.78 is 18.6. The van der Waals surface area contributed by atoms with Crippen LogP contribution >= 0.6 is 11.3 Å². The number of thiazole rings is 1. The molecule has 0 spiro atoms. The first-order valence-electron chi connectivity index (χ1n) is 10.7. The zero-order valence-corrected chi connectivity index (χ0v) is 20.4. The fraction of sp³-hybridized carbons (Fsp3) is 0.280. The van der Waals surface area contributed by atoms with E-state index in [1.165, 1.54) is 15.9 Å². The molecule has 0 N–H and O–H groups in total. The summed E-state index contributed by atoms with van der Waals surface area (Å²) in [6, 6.07) is 8.14. The molecule has 0 fully saturated rings. The van der Waals surface area contributed by atoms with Crippen LogP contribution in [-0.2, 0) is 9.53 Å². The van der Waals surface area contributed by atoms with Gasteiger partial charge in [0.15, 0.2) is 4.80 Å². The van der Waals surface area contributed by atoms with Gasteiger partial charge < -0.3 is 14.2 Å². The summed E-state index contributed by atoms with van der Waals surface area (Å²) in [5.74, 6) is 0.546. The molecule has 4 rings (SSSR count). The molecule has 1 aliphatic rings. The van der Waals surface area contributed by atoms with E-state index in [9.17, 15) is 9.59 Å². The smallest absolute Gasteiger partial charge is 0.338 e. The molecule has 8 nitrogen and oxygen atoms in total. The average molecular weight is 480 g/mol. The lowest BCUT2D eigenvalue weighted by atomic mass is 9.94. The Labute approximate surface area is 200 Å². The van der Waals surface area contributed by atoms with Gasteiger partial charge in [-0.25, -0.2) is 9.79 Å². The third-order valence-electron chi connectivity index (χ3n) is 5.30. The van der Waals surface area contributed by atoms with E-state index in [2.05, 4.69) is 9.98 Å². The normalized spacial score (nSPS) is 15.7. The van der Waals surface area contributed by atoms with E-state index in [0.29, 0.717) is 32.1 Å². The van der Waals surface area contributed by atoms with Crippen molar-refractivity contribution in [1.82, 2.24) is 9.55 Å². The molecule has 9 heteroatoms. The predicted molar refractivity (Wildman–Crippen MR) is 129 cm³/mol. The lowest BCUT2D eigenvalue weighted by molar-refractivity contribution is -0.143. The molecule has 176 valence electrons. The van der Waals surface area contributed by atoms with Crippen molar-refractivity contribution >= 4 is 23.4 Å². The Morgan fingerprint density at radius 2 is 2.00 bits per heavy atom. The van der Waals surface area contributed by atoms with Gasteiger partial charge in [-0.15, -0.1) is 0 Å². The number of rotatable bonds is 6. The fourth-order valence-electron chi connectivity index (χ4n) is 3.82. The zero-order chi connectivity index (χ0) is 24.4. The highest BCUT2D eigenvalue weighted by Crippen LogP contribution is 2.37. The Morgan fingerprint density at radius 1 is 1.21 bits per heavy atom. The van der Waals surface area contributed by atoms with Crippen molar-refractivity contribution in [3.05, 3.63) is 84.8 Å². The summed E-state index contributed by atoms with van der Waals surface area (Å²) >= 11 is 1.25. The molecular formula is C25H25N3O5S. The molecular weight excluding hydrogens is 454 g/mol. The molecule has 0 amide bonds. The summed E-state index contributed by atoms with van der Waals surface area (Å²) in [6.45, 7) is 5.30. The number of allylic oxidation sites excluding steroid dienone is 1. The second kappa shape index (κ2) is 9.64. The lowest BCUT2D eigenvalue weighted by Gasteiger charge is -2.26. The summed E-state index contributed by atoms with van der Waals surface area (Å²) in [4.78, 5) is 36.1. The Morgan fingerprint density at radius 3 is 2.65 bits per heavy atom. The van der Waals surface area contributed by atoms with Crippen LogP contribution < -0.4 is 24.4 Å². The quantitative estimate of drug-likeness (QED) is 0.505. The number of esters is 1. The second-order valence-electron chi connectivity index (χ2n) is 7.93. The van der Waals surface area contributed by atoms with Gasteiger partial charge in [-0.05, 0) is 56.7 Å². The van der Waals surface area contributed by atoms with Crippen molar-refractivity contribution in [2.24, 2.45) is 4.99 Å². The molecule has 0 radical (unpaired) electrons. The van der Waals surface area contributed by atoms with Crippen LogP contribution in [0.3, 0.4) is 0 Å². The van der Waals surface area contributed by atoms with E-state index in [0.717, 1.165) is 5.56 Å². The fourth-order valence-corrected chi connectivity index (χ4v) is 4.87. The van der Waals surface area contributed by atoms with Crippen LogP contribution in [-0.4, -0.2) is 35.8 Å². The number of aromatic nitrogens is 2. The summed E-state index contributed by atoms with van der Waals surface area (Å²) in [7, 11) is 3.10. The second-order valence-corrected chi connectivity index (χ2v) is 8.94. The van der Waals surface area contributed by atoms with Crippen LogP contribution in [0.5, 0.6) is 11.5 Å². The molecule has 0 bridgehead atoms. The number of pyridine rings is 1. The molecule has 0 saturated carbocycles. The van der Waals surface area contributed by atoms with Crippen LogP contribution in [0.1, 0.15) is 37.9 Å². The minimum Gasteiger partial charge on any atom is -0.497 e. The molecule has 1 unspecified atom stereocenters. The molecule has 0 aliphatic carbocycles. The van der Waals surface area contributed by atoms with Crippen molar-refractivity contribution in [3.8, 4) is 11.5 Å². The molecule has 2 aromatic heterocycles. The molecule has 3 heterocycles. The molecule has 1 aliphatic heterocycles. The number of fused-ring (bicyclic) bond motifs is 1. The highest BCUT2D eigenvalue weighted by molar-refractivity contribution is 7.07. The van der Waals surface area contributed by atoms with Crippen molar-refractivity contribution in [1.29, 1.82) is 0 Å². The number of benzene rings is 1. The number of ether oxygens (including phenoxy) is 3. The number of hydrogen-bond acceptors (Lipinski definition) is 8. The summed E-state index contributed by atoms with van der Waals surface area (Å²) in [5, 5.41) is 0. The first-order chi connectivity index (χ1) is 16.3. The van der Waals surface area contributed by atoms with Crippen LogP contribution in [0.25, 0.3) is 6.08 Å². The predicted octanol–water partition coefficient (Wildman–Crippen LogP) is 2.60. The van der Waals surface area contributed by atoms with E-state index >= 15 is 0 Å². The minimum absolute atomic E-state index is 0.273. The molecule has 1 aromatic carbocycles. The van der Waals surface area contributed by atoms with Crippen LogP contribution in [0.2, 0.25) is 0 Å². The van der Waals surface area contributed by atoms with Crippen LogP contribution in [0, 0.1) is 0 Å². The van der Waals surface area contributed by atoms with Crippen molar-refractivity contribution < 1.29 is 19.0 Å². The van der Waals surface area contributed by atoms with Gasteiger partial charge >= 0.3 is 5.97 Å². The van der Waals surface area contributed by atoms with E-state index < -0.39 is 12.0 Å². The first kappa shape index (κ1) is 23.4. The highest BCUT2D eigenvalue weighted by atomic mass is 32.1. The Bertz CT molecular complexity index is 1440. The molecule has 3 aromatic rings. The van der Waals surface area contributed by atoms with Gasteiger partial charge in [0, 0.05) is 18.0 Å². The van der Waals surface area contributed by atoms with Crippen LogP contribution in [0.15, 0.2) is 63.8 Å². The monoisotopic (exact) mass is 479 g/mol. The maximum Gasteiger partial charge on any atom is 0.338 e. The Kier molecular flexibility index (Phi) is 6.65. The largest absolute Gasteiger partial charge is 0.497 e. The third-order valence-corrected chi connectivity index (χ3v) is 6.28. The number of nitrogens with zero attached hydrogens (tertiary/aromatic N) is 3. The first-order valence-corrected chi connectivity index (χ1v) is 11.5. The van der Waals surface area contributed by atoms with Gasteiger partial charge in [0.1, 0.15) is 17.5 Å². The van der Waals surface area contributed by atoms with E-state index in [1.54, 1.807) is 77.7 Å². The number of methoxy groups -OCH3 is 2. The van der Waals surface area contributed by atoms with Gasteiger partial charge in [-0.3, -0.25) is 14.3 Å². The topological polar surface area (TPSA) is 92.0 Å². The van der Waals surface area contributed by atoms with E-state index in [1.807, 2.05) is 6.07 Å². The number of hydrogen-bond donors (Lipinski definition) is 0. The highest BCUT2D eigenvalue weighted by Gasteiger charge is 2.35. The van der Waals surface area contributed by atoms with Gasteiger partial charge in [-0.2, -0.15) is 0 Å². The van der Waals surface area contributed by atoms with Gasteiger partial charge in [0.2, 0.25) is 0 Å². The summed E-state index contributed by atoms with van der Waals surface area (Å²) in [5.41, 5.74) is 1.87. The van der Waals surface area contributed by atoms with Crippen LogP contribution in [0.4, 0.5) is 0 Å². The zero-order valence-electron chi connectivity index (χ0n) is 19.6. The van der Waals surface area contributed by atoms with Crippen molar-refractivity contribution in [3.63, 3.8) is 0 Å². The third kappa shape index (κ3) is 4.38. The molecule has 1 atom stereocenters. The van der Waals surface area contributed by atoms with Gasteiger partial charge in [-0.1, -0.05) is 17.4 Å². The maximum absolute atomic E-state index is 13.7. The Balaban J connectivity index is 2.02. The Hall–Kier alpha value is -3.72. The lowest BCUT2D eigenvalue weighted by Crippen LogP contribution is -2.40. The molecule has 34 heavy (non-hydrogen) atoms. The van der Waals surface area contributed by atoms with E-state index in [4.69, 9.17) is 14.2 Å². The maximum atomic E-state index is 13.7. The number of carbonyl (C=O) groups excluding carboxylic acids is 1. The molecule has 0 saturated heterocycles. The van der Waals surface area contributed by atoms with Crippen molar-refractivity contribution in [2.75, 3.05) is 14.2 Å². The van der Waals surface area contributed by atoms with E-state index in [-0.39, 0.29) is 17.2 Å². The van der Waals surface area contributed by atoms with Crippen molar-refractivity contribution in [2.45, 2.75) is 32.9 Å². The SMILES string of the molecule is COc1ccc(OC)c(C2C(C(=O)OC(C)C)=C(C)N=c3s/c(=C/c4cccnc4)c(=O)n32)c1. The average Bonchev–Trinajstić information content (AvgIpc) is 3.12. The number of carbonyl (C=O) groups is 1. The van der Waals surface area contributed by atoms with Gasteiger partial charge in [0.25, 0.3) is 5.56 Å².